The Morgan fingerprint density at radius 2 is 1.21 bits per heavy atom. The predicted octanol–water partition coefficient (Wildman–Crippen LogP) is 5.78. The van der Waals surface area contributed by atoms with Crippen molar-refractivity contribution in [2.75, 3.05) is 13.1 Å². The largest absolute Gasteiger partial charge is 0.298 e. The van der Waals surface area contributed by atoms with Crippen LogP contribution in [0.15, 0.2) is 0 Å². The normalized spacial score (nSPS) is 17.2. The van der Waals surface area contributed by atoms with Crippen LogP contribution >= 0.6 is 0 Å². The van der Waals surface area contributed by atoms with Crippen LogP contribution in [0.4, 0.5) is 0 Å². The molecule has 0 spiro atoms. The molecule has 0 aromatic carbocycles. The number of likely N-dealkylation sites (tertiary alicyclic amines) is 1. The van der Waals surface area contributed by atoms with Gasteiger partial charge >= 0.3 is 0 Å². The summed E-state index contributed by atoms with van der Waals surface area (Å²) in [4.78, 5) is 2.81. The fourth-order valence-corrected chi connectivity index (χ4v) is 3.56. The maximum atomic E-state index is 2.81. The van der Waals surface area contributed by atoms with Gasteiger partial charge in [0.15, 0.2) is 0 Å². The highest BCUT2D eigenvalue weighted by molar-refractivity contribution is 4.88. The molecule has 0 N–H and O–H groups in total. The Morgan fingerprint density at radius 3 is 1.63 bits per heavy atom. The summed E-state index contributed by atoms with van der Waals surface area (Å²) in [5.74, 6) is 0. The van der Waals surface area contributed by atoms with E-state index in [9.17, 15) is 0 Å². The fourth-order valence-electron chi connectivity index (χ4n) is 3.56. The maximum absolute atomic E-state index is 2.81. The summed E-state index contributed by atoms with van der Waals surface area (Å²) in [5.41, 5.74) is 0.512. The molecule has 0 atom stereocenters. The summed E-state index contributed by atoms with van der Waals surface area (Å²) < 4.78 is 0. The Kier molecular flexibility index (Phi) is 8.77. The number of hydrogen-bond acceptors (Lipinski definition) is 1. The molecule has 0 unspecified atom stereocenters. The third-order valence-corrected chi connectivity index (χ3v) is 5.01. The van der Waals surface area contributed by atoms with E-state index in [-0.39, 0.29) is 0 Å². The van der Waals surface area contributed by atoms with Gasteiger partial charge in [-0.3, -0.25) is 4.90 Å². The third-order valence-electron chi connectivity index (χ3n) is 5.01. The zero-order valence-electron chi connectivity index (χ0n) is 13.8. The molecule has 1 rings (SSSR count). The van der Waals surface area contributed by atoms with Crippen molar-refractivity contribution in [3.05, 3.63) is 0 Å². The molecule has 1 aliphatic rings. The SMILES string of the molecule is CCCCCCC(C)(CCCCCC)N1CCCC1. The van der Waals surface area contributed by atoms with E-state index in [1.165, 1.54) is 90.1 Å². The first-order chi connectivity index (χ1) is 9.23. The van der Waals surface area contributed by atoms with E-state index >= 15 is 0 Å². The van der Waals surface area contributed by atoms with E-state index in [4.69, 9.17) is 0 Å². The summed E-state index contributed by atoms with van der Waals surface area (Å²) in [5, 5.41) is 0. The van der Waals surface area contributed by atoms with Crippen LogP contribution < -0.4 is 0 Å². The molecule has 19 heavy (non-hydrogen) atoms. The highest BCUT2D eigenvalue weighted by Crippen LogP contribution is 2.31. The average Bonchev–Trinajstić information content (AvgIpc) is 2.95. The Labute approximate surface area is 122 Å². The van der Waals surface area contributed by atoms with Crippen molar-refractivity contribution in [3.63, 3.8) is 0 Å². The molecule has 0 aromatic rings. The average molecular weight is 268 g/mol. The van der Waals surface area contributed by atoms with Gasteiger partial charge in [-0.2, -0.15) is 0 Å². The van der Waals surface area contributed by atoms with E-state index in [1.54, 1.807) is 0 Å². The van der Waals surface area contributed by atoms with Crippen LogP contribution in [0.3, 0.4) is 0 Å². The van der Waals surface area contributed by atoms with Gasteiger partial charge in [-0.1, -0.05) is 65.2 Å². The van der Waals surface area contributed by atoms with Crippen LogP contribution in [0.2, 0.25) is 0 Å². The standard InChI is InChI=1S/C18H37N/c1-4-6-8-10-14-18(3,15-11-9-7-5-2)19-16-12-13-17-19/h4-17H2,1-3H3. The molecule has 1 saturated heterocycles. The first-order valence-corrected chi connectivity index (χ1v) is 8.98. The lowest BCUT2D eigenvalue weighted by molar-refractivity contribution is 0.107. The second kappa shape index (κ2) is 9.80. The minimum absolute atomic E-state index is 0.512. The zero-order chi connectivity index (χ0) is 14.0. The lowest BCUT2D eigenvalue weighted by Gasteiger charge is -2.39. The molecule has 114 valence electrons. The van der Waals surface area contributed by atoms with E-state index in [1.807, 2.05) is 0 Å². The highest BCUT2D eigenvalue weighted by atomic mass is 15.2. The predicted molar refractivity (Wildman–Crippen MR) is 86.7 cm³/mol. The first kappa shape index (κ1) is 17.0. The van der Waals surface area contributed by atoms with Gasteiger partial charge in [0.2, 0.25) is 0 Å². The molecule has 1 heteroatoms. The Morgan fingerprint density at radius 1 is 0.737 bits per heavy atom. The molecule has 0 saturated carbocycles. The Balaban J connectivity index is 2.36. The van der Waals surface area contributed by atoms with Crippen LogP contribution in [0, 0.1) is 0 Å². The third kappa shape index (κ3) is 6.29. The van der Waals surface area contributed by atoms with Crippen LogP contribution in [0.1, 0.15) is 97.8 Å². The topological polar surface area (TPSA) is 3.24 Å². The van der Waals surface area contributed by atoms with Gasteiger partial charge in [0, 0.05) is 5.54 Å². The quantitative estimate of drug-likeness (QED) is 0.429. The molecule has 0 aliphatic carbocycles. The molecule has 0 radical (unpaired) electrons. The summed E-state index contributed by atoms with van der Waals surface area (Å²) in [6, 6.07) is 0. The lowest BCUT2D eigenvalue weighted by Crippen LogP contribution is -2.44. The van der Waals surface area contributed by atoms with Gasteiger partial charge in [-0.05, 0) is 45.7 Å². The van der Waals surface area contributed by atoms with Crippen molar-refractivity contribution in [2.45, 2.75) is 103 Å². The van der Waals surface area contributed by atoms with Crippen LogP contribution in [-0.4, -0.2) is 23.5 Å². The number of rotatable bonds is 11. The molecular formula is C18H37N. The summed E-state index contributed by atoms with van der Waals surface area (Å²) in [6.45, 7) is 9.89. The molecule has 1 nitrogen and oxygen atoms in total. The van der Waals surface area contributed by atoms with Crippen LogP contribution in [-0.2, 0) is 0 Å². The van der Waals surface area contributed by atoms with Crippen molar-refractivity contribution in [3.8, 4) is 0 Å². The van der Waals surface area contributed by atoms with E-state index < -0.39 is 0 Å². The summed E-state index contributed by atoms with van der Waals surface area (Å²) in [7, 11) is 0. The van der Waals surface area contributed by atoms with Crippen molar-refractivity contribution in [2.24, 2.45) is 0 Å². The van der Waals surface area contributed by atoms with E-state index in [0.29, 0.717) is 5.54 Å². The molecular weight excluding hydrogens is 230 g/mol. The molecule has 1 fully saturated rings. The lowest BCUT2D eigenvalue weighted by atomic mass is 9.86. The second-order valence-corrected chi connectivity index (χ2v) is 6.81. The first-order valence-electron chi connectivity index (χ1n) is 8.98. The van der Waals surface area contributed by atoms with Crippen molar-refractivity contribution < 1.29 is 0 Å². The number of unbranched alkanes of at least 4 members (excludes halogenated alkanes) is 6. The highest BCUT2D eigenvalue weighted by Gasteiger charge is 2.32. The minimum Gasteiger partial charge on any atom is -0.298 e. The summed E-state index contributed by atoms with van der Waals surface area (Å²) in [6.07, 6.45) is 17.0. The second-order valence-electron chi connectivity index (χ2n) is 6.81. The fraction of sp³-hybridized carbons (Fsp3) is 1.00. The van der Waals surface area contributed by atoms with E-state index in [2.05, 4.69) is 25.7 Å². The minimum atomic E-state index is 0.512. The molecule has 0 amide bonds. The van der Waals surface area contributed by atoms with Crippen molar-refractivity contribution in [1.82, 2.24) is 4.90 Å². The number of nitrogens with zero attached hydrogens (tertiary/aromatic N) is 1. The van der Waals surface area contributed by atoms with Gasteiger partial charge in [0.05, 0.1) is 0 Å². The Hall–Kier alpha value is -0.0400. The van der Waals surface area contributed by atoms with Crippen molar-refractivity contribution in [1.29, 1.82) is 0 Å². The maximum Gasteiger partial charge on any atom is 0.0181 e. The summed E-state index contributed by atoms with van der Waals surface area (Å²) >= 11 is 0. The molecule has 1 aliphatic heterocycles. The van der Waals surface area contributed by atoms with Gasteiger partial charge < -0.3 is 0 Å². The van der Waals surface area contributed by atoms with Gasteiger partial charge in [0.25, 0.3) is 0 Å². The molecule has 0 bridgehead atoms. The monoisotopic (exact) mass is 267 g/mol. The van der Waals surface area contributed by atoms with Crippen LogP contribution in [0.25, 0.3) is 0 Å². The van der Waals surface area contributed by atoms with Crippen LogP contribution in [0.5, 0.6) is 0 Å². The van der Waals surface area contributed by atoms with Crippen molar-refractivity contribution >= 4 is 0 Å². The van der Waals surface area contributed by atoms with Gasteiger partial charge in [0.1, 0.15) is 0 Å². The number of hydrogen-bond donors (Lipinski definition) is 0. The smallest absolute Gasteiger partial charge is 0.0181 e. The zero-order valence-corrected chi connectivity index (χ0v) is 13.8. The molecule has 0 aromatic heterocycles. The van der Waals surface area contributed by atoms with Gasteiger partial charge in [-0.25, -0.2) is 0 Å². The Bertz CT molecular complexity index is 194. The van der Waals surface area contributed by atoms with E-state index in [0.717, 1.165) is 0 Å². The molecule has 1 heterocycles. The van der Waals surface area contributed by atoms with Gasteiger partial charge in [-0.15, -0.1) is 0 Å².